The van der Waals surface area contributed by atoms with Crippen molar-refractivity contribution in [3.63, 3.8) is 0 Å². The van der Waals surface area contributed by atoms with Crippen molar-refractivity contribution in [2.45, 2.75) is 13.8 Å². The Morgan fingerprint density at radius 2 is 1.80 bits per heavy atom. The van der Waals surface area contributed by atoms with Crippen LogP contribution in [-0.2, 0) is 0 Å². The third kappa shape index (κ3) is 3.06. The lowest BCUT2D eigenvalue weighted by molar-refractivity contribution is 0.101. The molecule has 6 heteroatoms. The molecule has 1 heterocycles. The first kappa shape index (κ1) is 16.9. The summed E-state index contributed by atoms with van der Waals surface area (Å²) in [5, 5.41) is 3.56. The van der Waals surface area contributed by atoms with Crippen LogP contribution in [0.5, 0.6) is 0 Å². The van der Waals surface area contributed by atoms with Crippen LogP contribution in [0.2, 0.25) is 5.02 Å². The van der Waals surface area contributed by atoms with Crippen molar-refractivity contribution in [1.29, 1.82) is 0 Å². The fraction of sp³-hybridized carbons (Fsp3) is 0.105. The highest BCUT2D eigenvalue weighted by Gasteiger charge is 2.16. The lowest BCUT2D eigenvalue weighted by atomic mass is 10.1. The molecule has 0 unspecified atom stereocenters. The number of Topliss-reactive ketones (excluding diaryl/α,β-unsaturated/α-hetero) is 1. The van der Waals surface area contributed by atoms with E-state index in [4.69, 9.17) is 11.6 Å². The third-order valence-electron chi connectivity index (χ3n) is 4.05. The second kappa shape index (κ2) is 6.53. The van der Waals surface area contributed by atoms with E-state index in [0.29, 0.717) is 27.2 Å². The molecule has 0 aliphatic heterocycles. The van der Waals surface area contributed by atoms with Gasteiger partial charge in [0.1, 0.15) is 5.56 Å². The fourth-order valence-electron chi connectivity index (χ4n) is 2.67. The Balaban J connectivity index is 2.04. The van der Waals surface area contributed by atoms with Gasteiger partial charge in [-0.2, -0.15) is 0 Å². The number of benzene rings is 2. The van der Waals surface area contributed by atoms with E-state index in [1.807, 2.05) is 0 Å². The smallest absolute Gasteiger partial charge is 0.261 e. The highest BCUT2D eigenvalue weighted by molar-refractivity contribution is 6.32. The van der Waals surface area contributed by atoms with Gasteiger partial charge in [0, 0.05) is 22.2 Å². The Labute approximate surface area is 148 Å². The summed E-state index contributed by atoms with van der Waals surface area (Å²) in [6, 6.07) is 9.87. The SMILES string of the molecule is CC(=O)c1ccccc1NC(=O)c1c[nH]c2c(C)c(Cl)ccc2c1=O. The summed E-state index contributed by atoms with van der Waals surface area (Å²) in [6.07, 6.45) is 1.36. The number of hydrogen-bond acceptors (Lipinski definition) is 3. The minimum absolute atomic E-state index is 0.0347. The van der Waals surface area contributed by atoms with E-state index < -0.39 is 11.3 Å². The van der Waals surface area contributed by atoms with E-state index in [0.717, 1.165) is 5.56 Å². The number of nitrogens with one attached hydrogen (secondary N) is 2. The molecular formula is C19H15ClN2O3. The molecule has 1 aromatic heterocycles. The monoisotopic (exact) mass is 354 g/mol. The van der Waals surface area contributed by atoms with Gasteiger partial charge in [0.05, 0.1) is 11.2 Å². The van der Waals surface area contributed by atoms with Crippen molar-refractivity contribution in [3.8, 4) is 0 Å². The first-order valence-corrected chi connectivity index (χ1v) is 7.99. The number of halogens is 1. The lowest BCUT2D eigenvalue weighted by Crippen LogP contribution is -2.23. The molecule has 3 aromatic rings. The standard InChI is InChI=1S/C19H15ClN2O3/c1-10-15(20)8-7-13-17(10)21-9-14(18(13)24)19(25)22-16-6-4-3-5-12(16)11(2)23/h3-9H,1-2H3,(H,21,24)(H,22,25). The number of rotatable bonds is 3. The molecule has 126 valence electrons. The van der Waals surface area contributed by atoms with E-state index in [2.05, 4.69) is 10.3 Å². The van der Waals surface area contributed by atoms with Gasteiger partial charge in [0.15, 0.2) is 5.78 Å². The third-order valence-corrected chi connectivity index (χ3v) is 4.46. The van der Waals surface area contributed by atoms with Gasteiger partial charge in [-0.3, -0.25) is 14.4 Å². The van der Waals surface area contributed by atoms with Crippen LogP contribution >= 0.6 is 11.6 Å². The lowest BCUT2D eigenvalue weighted by Gasteiger charge is -2.10. The molecule has 0 saturated carbocycles. The Bertz CT molecular complexity index is 1070. The molecule has 0 aliphatic carbocycles. The average Bonchev–Trinajstić information content (AvgIpc) is 2.58. The summed E-state index contributed by atoms with van der Waals surface area (Å²) in [6.45, 7) is 3.21. The molecule has 1 amide bonds. The topological polar surface area (TPSA) is 79.0 Å². The maximum Gasteiger partial charge on any atom is 0.261 e. The highest BCUT2D eigenvalue weighted by atomic mass is 35.5. The molecule has 0 bridgehead atoms. The molecule has 0 saturated heterocycles. The normalized spacial score (nSPS) is 10.7. The first-order valence-electron chi connectivity index (χ1n) is 7.62. The van der Waals surface area contributed by atoms with Crippen LogP contribution in [0.4, 0.5) is 5.69 Å². The highest BCUT2D eigenvalue weighted by Crippen LogP contribution is 2.22. The van der Waals surface area contributed by atoms with Gasteiger partial charge in [0.2, 0.25) is 5.43 Å². The molecule has 0 atom stereocenters. The van der Waals surface area contributed by atoms with Crippen molar-refractivity contribution >= 4 is 39.9 Å². The van der Waals surface area contributed by atoms with Gasteiger partial charge < -0.3 is 10.3 Å². The Kier molecular flexibility index (Phi) is 4.42. The zero-order valence-electron chi connectivity index (χ0n) is 13.6. The number of ketones is 1. The summed E-state index contributed by atoms with van der Waals surface area (Å²) >= 11 is 6.06. The first-order chi connectivity index (χ1) is 11.9. The molecule has 2 aromatic carbocycles. The van der Waals surface area contributed by atoms with E-state index in [1.165, 1.54) is 13.1 Å². The van der Waals surface area contributed by atoms with Crippen molar-refractivity contribution in [1.82, 2.24) is 4.98 Å². The van der Waals surface area contributed by atoms with Crippen LogP contribution in [0, 0.1) is 6.92 Å². The van der Waals surface area contributed by atoms with E-state index in [9.17, 15) is 14.4 Å². The number of amides is 1. The number of carbonyl (C=O) groups is 2. The fourth-order valence-corrected chi connectivity index (χ4v) is 2.83. The number of hydrogen-bond donors (Lipinski definition) is 2. The van der Waals surface area contributed by atoms with Crippen LogP contribution in [0.25, 0.3) is 10.9 Å². The summed E-state index contributed by atoms with van der Waals surface area (Å²) < 4.78 is 0. The van der Waals surface area contributed by atoms with Crippen molar-refractivity contribution < 1.29 is 9.59 Å². The number of pyridine rings is 1. The second-order valence-corrected chi connectivity index (χ2v) is 6.09. The number of fused-ring (bicyclic) bond motifs is 1. The van der Waals surface area contributed by atoms with Crippen molar-refractivity contribution in [2.24, 2.45) is 0 Å². The molecule has 0 spiro atoms. The van der Waals surface area contributed by atoms with Crippen LogP contribution in [0.3, 0.4) is 0 Å². The van der Waals surface area contributed by atoms with E-state index in [-0.39, 0.29) is 11.3 Å². The minimum Gasteiger partial charge on any atom is -0.360 e. The summed E-state index contributed by atoms with van der Waals surface area (Å²) in [7, 11) is 0. The second-order valence-electron chi connectivity index (χ2n) is 5.68. The number of anilines is 1. The van der Waals surface area contributed by atoms with Gasteiger partial charge in [0.25, 0.3) is 5.91 Å². The van der Waals surface area contributed by atoms with Crippen LogP contribution in [0.15, 0.2) is 47.4 Å². The van der Waals surface area contributed by atoms with Crippen LogP contribution in [-0.4, -0.2) is 16.7 Å². The number of carbonyl (C=O) groups excluding carboxylic acids is 2. The van der Waals surface area contributed by atoms with Crippen LogP contribution < -0.4 is 10.7 Å². The molecule has 0 radical (unpaired) electrons. The minimum atomic E-state index is -0.579. The number of aromatic nitrogens is 1. The Morgan fingerprint density at radius 3 is 2.52 bits per heavy atom. The Hall–Kier alpha value is -2.92. The van der Waals surface area contributed by atoms with E-state index >= 15 is 0 Å². The molecule has 25 heavy (non-hydrogen) atoms. The van der Waals surface area contributed by atoms with Gasteiger partial charge in [-0.05, 0) is 43.7 Å². The van der Waals surface area contributed by atoms with E-state index in [1.54, 1.807) is 43.3 Å². The number of H-pyrrole nitrogens is 1. The number of aromatic amines is 1. The summed E-state index contributed by atoms with van der Waals surface area (Å²) in [4.78, 5) is 39.8. The Morgan fingerprint density at radius 1 is 1.08 bits per heavy atom. The van der Waals surface area contributed by atoms with Crippen LogP contribution in [0.1, 0.15) is 33.2 Å². The largest absolute Gasteiger partial charge is 0.360 e. The predicted octanol–water partition coefficient (Wildman–Crippen LogP) is 3.94. The summed E-state index contributed by atoms with van der Waals surface area (Å²) in [5.74, 6) is -0.752. The average molecular weight is 355 g/mol. The predicted molar refractivity (Wildman–Crippen MR) is 98.7 cm³/mol. The van der Waals surface area contributed by atoms with Gasteiger partial charge >= 0.3 is 0 Å². The summed E-state index contributed by atoms with van der Waals surface area (Å²) in [5.41, 5.74) is 1.66. The molecule has 0 fully saturated rings. The molecule has 0 aliphatic rings. The van der Waals surface area contributed by atoms with Crippen molar-refractivity contribution in [2.75, 3.05) is 5.32 Å². The molecule has 2 N–H and O–H groups in total. The van der Waals surface area contributed by atoms with Gasteiger partial charge in [-0.1, -0.05) is 23.7 Å². The molecule has 5 nitrogen and oxygen atoms in total. The van der Waals surface area contributed by atoms with Gasteiger partial charge in [-0.25, -0.2) is 0 Å². The number of para-hydroxylation sites is 1. The molecule has 3 rings (SSSR count). The quantitative estimate of drug-likeness (QED) is 0.699. The maximum atomic E-state index is 12.7. The maximum absolute atomic E-state index is 12.7. The molecular weight excluding hydrogens is 340 g/mol. The number of aryl methyl sites for hydroxylation is 1. The zero-order chi connectivity index (χ0) is 18.1. The zero-order valence-corrected chi connectivity index (χ0v) is 14.4. The van der Waals surface area contributed by atoms with Gasteiger partial charge in [-0.15, -0.1) is 0 Å². The van der Waals surface area contributed by atoms with Crippen molar-refractivity contribution in [3.05, 3.63) is 74.5 Å².